The van der Waals surface area contributed by atoms with Crippen molar-refractivity contribution in [2.24, 2.45) is 11.7 Å². The molecule has 2 N–H and O–H groups in total. The molecule has 1 saturated carbocycles. The highest BCUT2D eigenvalue weighted by atomic mass is 32.1. The van der Waals surface area contributed by atoms with Crippen molar-refractivity contribution in [3.05, 3.63) is 21.9 Å². The molecule has 3 heteroatoms. The Labute approximate surface area is 126 Å². The maximum atomic E-state index is 6.64. The quantitative estimate of drug-likeness (QED) is 0.894. The number of hydrogen-bond donors (Lipinski definition) is 1. The fourth-order valence-corrected chi connectivity index (χ4v) is 5.16. The topological polar surface area (TPSA) is 35.2 Å². The summed E-state index contributed by atoms with van der Waals surface area (Å²) in [6, 6.07) is 2.46. The predicted octanol–water partition coefficient (Wildman–Crippen LogP) is 4.44. The molecule has 2 fully saturated rings. The molecule has 0 aromatic carbocycles. The number of thiophene rings is 1. The Morgan fingerprint density at radius 3 is 2.95 bits per heavy atom. The average Bonchev–Trinajstić information content (AvgIpc) is 2.96. The van der Waals surface area contributed by atoms with Gasteiger partial charge in [0.1, 0.15) is 0 Å². The van der Waals surface area contributed by atoms with Gasteiger partial charge in [-0.25, -0.2) is 0 Å². The summed E-state index contributed by atoms with van der Waals surface area (Å²) in [7, 11) is 0. The molecular formula is C17H27NOS. The Morgan fingerprint density at radius 2 is 2.20 bits per heavy atom. The summed E-state index contributed by atoms with van der Waals surface area (Å²) < 4.78 is 6.21. The van der Waals surface area contributed by atoms with E-state index in [9.17, 15) is 0 Å². The van der Waals surface area contributed by atoms with Gasteiger partial charge in [0.25, 0.3) is 0 Å². The monoisotopic (exact) mass is 293 g/mol. The third-order valence-corrected chi connectivity index (χ3v) is 6.33. The van der Waals surface area contributed by atoms with E-state index in [0.29, 0.717) is 5.92 Å². The highest BCUT2D eigenvalue weighted by molar-refractivity contribution is 7.10. The summed E-state index contributed by atoms with van der Waals surface area (Å²) in [6.07, 6.45) is 9.96. The van der Waals surface area contributed by atoms with Crippen molar-refractivity contribution in [2.45, 2.75) is 69.9 Å². The van der Waals surface area contributed by atoms with Crippen LogP contribution in [-0.2, 0) is 11.2 Å². The molecule has 0 bridgehead atoms. The molecule has 0 amide bonds. The Kier molecular flexibility index (Phi) is 4.49. The summed E-state index contributed by atoms with van der Waals surface area (Å²) in [4.78, 5) is 1.42. The van der Waals surface area contributed by atoms with Crippen LogP contribution in [0.4, 0.5) is 0 Å². The maximum Gasteiger partial charge on any atom is 0.0686 e. The van der Waals surface area contributed by atoms with E-state index >= 15 is 0 Å². The van der Waals surface area contributed by atoms with E-state index in [1.807, 2.05) is 11.3 Å². The Balaban J connectivity index is 1.73. The lowest BCUT2D eigenvalue weighted by Gasteiger charge is -2.45. The standard InChI is InChI=1S/C17H27NOS/c1-2-13-7-11-20-16(13)15(18)14-6-10-19-17(12-14)8-4-3-5-9-17/h7,11,14-15H,2-6,8-10,12,18H2,1H3. The molecular weight excluding hydrogens is 266 g/mol. The molecule has 112 valence electrons. The van der Waals surface area contributed by atoms with Crippen LogP contribution < -0.4 is 5.73 Å². The van der Waals surface area contributed by atoms with Crippen LogP contribution in [0.2, 0.25) is 0 Å². The summed E-state index contributed by atoms with van der Waals surface area (Å²) in [5.74, 6) is 0.603. The lowest BCUT2D eigenvalue weighted by atomic mass is 9.74. The molecule has 2 unspecified atom stereocenters. The highest BCUT2D eigenvalue weighted by Crippen LogP contribution is 2.44. The van der Waals surface area contributed by atoms with Crippen molar-refractivity contribution < 1.29 is 4.74 Å². The SMILES string of the molecule is CCc1ccsc1C(N)C1CCOC2(CCCCC2)C1. The van der Waals surface area contributed by atoms with Gasteiger partial charge in [0.15, 0.2) is 0 Å². The summed E-state index contributed by atoms with van der Waals surface area (Å²) in [6.45, 7) is 3.14. The van der Waals surface area contributed by atoms with Gasteiger partial charge in [-0.15, -0.1) is 11.3 Å². The van der Waals surface area contributed by atoms with Gasteiger partial charge >= 0.3 is 0 Å². The minimum absolute atomic E-state index is 0.169. The number of rotatable bonds is 3. The lowest BCUT2D eigenvalue weighted by Crippen LogP contribution is -2.44. The first-order chi connectivity index (χ1) is 9.74. The third-order valence-electron chi connectivity index (χ3n) is 5.27. The first-order valence-corrected chi connectivity index (χ1v) is 9.08. The first-order valence-electron chi connectivity index (χ1n) is 8.20. The third kappa shape index (κ3) is 2.81. The minimum Gasteiger partial charge on any atom is -0.375 e. The van der Waals surface area contributed by atoms with Crippen LogP contribution in [0.15, 0.2) is 11.4 Å². The molecule has 2 heterocycles. The summed E-state index contributed by atoms with van der Waals surface area (Å²) >= 11 is 1.85. The predicted molar refractivity (Wildman–Crippen MR) is 85.1 cm³/mol. The Morgan fingerprint density at radius 1 is 1.40 bits per heavy atom. The van der Waals surface area contributed by atoms with Gasteiger partial charge in [-0.05, 0) is 55.0 Å². The van der Waals surface area contributed by atoms with Crippen molar-refractivity contribution in [3.8, 4) is 0 Å². The van der Waals surface area contributed by atoms with Crippen molar-refractivity contribution in [1.29, 1.82) is 0 Å². The molecule has 1 aromatic rings. The van der Waals surface area contributed by atoms with E-state index in [0.717, 1.165) is 19.4 Å². The van der Waals surface area contributed by atoms with Crippen LogP contribution >= 0.6 is 11.3 Å². The van der Waals surface area contributed by atoms with Gasteiger partial charge in [-0.1, -0.05) is 26.2 Å². The second-order valence-electron chi connectivity index (χ2n) is 6.53. The summed E-state index contributed by atoms with van der Waals surface area (Å²) in [5.41, 5.74) is 8.26. The largest absolute Gasteiger partial charge is 0.375 e. The zero-order valence-corrected chi connectivity index (χ0v) is 13.4. The van der Waals surface area contributed by atoms with E-state index < -0.39 is 0 Å². The van der Waals surface area contributed by atoms with Crippen molar-refractivity contribution >= 4 is 11.3 Å². The van der Waals surface area contributed by atoms with Crippen LogP contribution in [0, 0.1) is 5.92 Å². The molecule has 1 saturated heterocycles. The van der Waals surface area contributed by atoms with Crippen molar-refractivity contribution in [1.82, 2.24) is 0 Å². The Hall–Kier alpha value is -0.380. The number of hydrogen-bond acceptors (Lipinski definition) is 3. The lowest BCUT2D eigenvalue weighted by molar-refractivity contribution is -0.120. The van der Waals surface area contributed by atoms with E-state index in [1.54, 1.807) is 0 Å². The molecule has 20 heavy (non-hydrogen) atoms. The zero-order valence-electron chi connectivity index (χ0n) is 12.6. The summed E-state index contributed by atoms with van der Waals surface area (Å²) in [5, 5.41) is 2.20. The van der Waals surface area contributed by atoms with Gasteiger partial charge in [-0.3, -0.25) is 0 Å². The number of aryl methyl sites for hydroxylation is 1. The second-order valence-corrected chi connectivity index (χ2v) is 7.48. The maximum absolute atomic E-state index is 6.64. The zero-order chi connectivity index (χ0) is 14.0. The first kappa shape index (κ1) is 14.6. The molecule has 1 aliphatic heterocycles. The smallest absolute Gasteiger partial charge is 0.0686 e. The number of nitrogens with two attached hydrogens (primary N) is 1. The molecule has 1 aromatic heterocycles. The van der Waals surface area contributed by atoms with E-state index in [1.165, 1.54) is 49.0 Å². The van der Waals surface area contributed by atoms with Crippen molar-refractivity contribution in [3.63, 3.8) is 0 Å². The van der Waals surface area contributed by atoms with E-state index in [-0.39, 0.29) is 11.6 Å². The van der Waals surface area contributed by atoms with Gasteiger partial charge in [0.05, 0.1) is 5.60 Å². The highest BCUT2D eigenvalue weighted by Gasteiger charge is 2.40. The fraction of sp³-hybridized carbons (Fsp3) is 0.765. The van der Waals surface area contributed by atoms with Crippen LogP contribution in [-0.4, -0.2) is 12.2 Å². The molecule has 0 radical (unpaired) electrons. The molecule has 1 aliphatic carbocycles. The van der Waals surface area contributed by atoms with E-state index in [2.05, 4.69) is 18.4 Å². The van der Waals surface area contributed by atoms with Crippen LogP contribution in [0.3, 0.4) is 0 Å². The van der Waals surface area contributed by atoms with Crippen LogP contribution in [0.5, 0.6) is 0 Å². The van der Waals surface area contributed by atoms with Gasteiger partial charge in [-0.2, -0.15) is 0 Å². The Bertz CT molecular complexity index is 430. The van der Waals surface area contributed by atoms with Crippen LogP contribution in [0.1, 0.15) is 68.4 Å². The van der Waals surface area contributed by atoms with Crippen LogP contribution in [0.25, 0.3) is 0 Å². The van der Waals surface area contributed by atoms with Gasteiger partial charge in [0.2, 0.25) is 0 Å². The number of ether oxygens (including phenoxy) is 1. The molecule has 3 rings (SSSR count). The molecule has 2 atom stereocenters. The minimum atomic E-state index is 0.169. The average molecular weight is 293 g/mol. The van der Waals surface area contributed by atoms with Gasteiger partial charge < -0.3 is 10.5 Å². The molecule has 2 aliphatic rings. The van der Waals surface area contributed by atoms with E-state index in [4.69, 9.17) is 10.5 Å². The second kappa shape index (κ2) is 6.17. The van der Waals surface area contributed by atoms with Crippen molar-refractivity contribution in [2.75, 3.05) is 6.61 Å². The fourth-order valence-electron chi connectivity index (χ4n) is 4.06. The van der Waals surface area contributed by atoms with Gasteiger partial charge in [0, 0.05) is 17.5 Å². The molecule has 1 spiro atoms. The molecule has 2 nitrogen and oxygen atoms in total. The normalized spacial score (nSPS) is 27.6.